The highest BCUT2D eigenvalue weighted by Crippen LogP contribution is 2.43. The van der Waals surface area contributed by atoms with Crippen LogP contribution in [0.2, 0.25) is 0 Å². The quantitative estimate of drug-likeness (QED) is 0.0205. The van der Waals surface area contributed by atoms with E-state index >= 15 is 0 Å². The molecule has 0 saturated carbocycles. The van der Waals surface area contributed by atoms with Gasteiger partial charge in [-0.25, -0.2) is 4.57 Å². The average Bonchev–Trinajstić information content (AvgIpc) is 3.33. The van der Waals surface area contributed by atoms with E-state index in [1.807, 2.05) is 33.3 Å². The summed E-state index contributed by atoms with van der Waals surface area (Å²) in [7, 11) is 1.49. The first-order valence-corrected chi connectivity index (χ1v) is 31.5. The van der Waals surface area contributed by atoms with E-state index in [4.69, 9.17) is 13.8 Å². The molecule has 0 saturated heterocycles. The number of phosphoric acid groups is 1. The lowest BCUT2D eigenvalue weighted by Crippen LogP contribution is -2.47. The lowest BCUT2D eigenvalue weighted by Gasteiger charge is -2.27. The number of rotatable bonds is 54. The van der Waals surface area contributed by atoms with Crippen molar-refractivity contribution in [2.24, 2.45) is 0 Å². The number of likely N-dealkylation sites (N-methyl/N-ethyl adjacent to an activating group) is 1. The van der Waals surface area contributed by atoms with Crippen LogP contribution < -0.4 is 5.32 Å². The predicted molar refractivity (Wildman–Crippen MR) is 305 cm³/mol. The van der Waals surface area contributed by atoms with Gasteiger partial charge < -0.3 is 19.4 Å². The maximum absolute atomic E-state index is 13.5. The van der Waals surface area contributed by atoms with Crippen LogP contribution in [0.15, 0.2) is 48.6 Å². The number of carbonyl (C=O) groups is 2. The maximum atomic E-state index is 13.5. The Bertz CT molecular complexity index is 1360. The Labute approximate surface area is 439 Å². The second kappa shape index (κ2) is 51.5. The number of quaternary nitrogens is 1. The second-order valence-electron chi connectivity index (χ2n) is 21.5. The molecule has 2 N–H and O–H groups in total. The monoisotopic (exact) mass is 1020 g/mol. The number of esters is 1. The van der Waals surface area contributed by atoms with E-state index in [2.05, 4.69) is 62.5 Å². The largest absolute Gasteiger partial charge is 0.472 e. The average molecular weight is 1020 g/mol. The van der Waals surface area contributed by atoms with Crippen molar-refractivity contribution in [1.29, 1.82) is 0 Å². The van der Waals surface area contributed by atoms with E-state index in [0.717, 1.165) is 83.5 Å². The minimum absolute atomic E-state index is 0.0383. The van der Waals surface area contributed by atoms with Crippen molar-refractivity contribution in [3.8, 4) is 0 Å². The highest BCUT2D eigenvalue weighted by Gasteiger charge is 2.30. The molecule has 0 heterocycles. The molecular formula is C61H116N2O7P+. The normalized spacial score (nSPS) is 14.1. The standard InChI is InChI=1S/C61H115N2O7P/c1-7-10-13-16-19-22-25-28-29-30-31-32-33-36-38-41-44-47-50-53-60(64)62-58(57-69-71(66,67)68-56-55-63(4,5)6)59(52-49-46-43-40-37-34-26-23-20-17-14-11-8-2)70-61(65)54-51-48-45-42-39-35-27-24-21-18-15-12-9-3/h19,22,28-29,31-32,49,52,58-59H,7-18,20-21,23-27,30,33-48,50-51,53-57H2,1-6H3,(H-,62,64,66,67)/p+1/b22-19-,29-28-,32-31-,52-49-. The van der Waals surface area contributed by atoms with Crippen molar-refractivity contribution in [3.05, 3.63) is 48.6 Å². The fraction of sp³-hybridized carbons (Fsp3) is 0.836. The minimum Gasteiger partial charge on any atom is -0.456 e. The van der Waals surface area contributed by atoms with Gasteiger partial charge in [-0.1, -0.05) is 243 Å². The molecule has 3 unspecified atom stereocenters. The summed E-state index contributed by atoms with van der Waals surface area (Å²) in [4.78, 5) is 37.6. The zero-order valence-electron chi connectivity index (χ0n) is 47.5. The maximum Gasteiger partial charge on any atom is 0.472 e. The predicted octanol–water partition coefficient (Wildman–Crippen LogP) is 18.1. The number of ether oxygens (including phenoxy) is 1. The Hall–Kier alpha value is -2.03. The van der Waals surface area contributed by atoms with Gasteiger partial charge >= 0.3 is 13.8 Å². The van der Waals surface area contributed by atoms with Crippen molar-refractivity contribution < 1.29 is 37.3 Å². The van der Waals surface area contributed by atoms with Gasteiger partial charge in [0.1, 0.15) is 19.3 Å². The minimum atomic E-state index is -4.45. The van der Waals surface area contributed by atoms with Crippen LogP contribution in [0.4, 0.5) is 0 Å². The molecule has 0 aromatic carbocycles. The van der Waals surface area contributed by atoms with Crippen molar-refractivity contribution in [2.45, 2.75) is 290 Å². The van der Waals surface area contributed by atoms with Gasteiger partial charge in [0.2, 0.25) is 5.91 Å². The summed E-state index contributed by atoms with van der Waals surface area (Å²) in [6, 6.07) is -0.852. The molecule has 0 spiro atoms. The smallest absolute Gasteiger partial charge is 0.456 e. The van der Waals surface area contributed by atoms with Crippen LogP contribution in [0.1, 0.15) is 278 Å². The van der Waals surface area contributed by atoms with Crippen molar-refractivity contribution in [2.75, 3.05) is 40.9 Å². The number of nitrogens with one attached hydrogen (secondary N) is 1. The molecule has 0 radical (unpaired) electrons. The Morgan fingerprint density at radius 3 is 1.31 bits per heavy atom. The number of phosphoric ester groups is 1. The fourth-order valence-corrected chi connectivity index (χ4v) is 9.33. The van der Waals surface area contributed by atoms with E-state index in [0.29, 0.717) is 23.9 Å². The lowest BCUT2D eigenvalue weighted by molar-refractivity contribution is -0.870. The van der Waals surface area contributed by atoms with Gasteiger partial charge in [0.15, 0.2) is 0 Å². The summed E-state index contributed by atoms with van der Waals surface area (Å²) in [5, 5.41) is 3.05. The number of amides is 1. The molecule has 0 aliphatic heterocycles. The molecule has 0 rings (SSSR count). The van der Waals surface area contributed by atoms with Gasteiger partial charge in [-0.2, -0.15) is 0 Å². The number of hydrogen-bond donors (Lipinski definition) is 2. The Morgan fingerprint density at radius 1 is 0.493 bits per heavy atom. The third-order valence-corrected chi connectivity index (χ3v) is 14.3. The van der Waals surface area contributed by atoms with Crippen LogP contribution in [-0.4, -0.2) is 74.3 Å². The first-order chi connectivity index (χ1) is 34.4. The fourth-order valence-electron chi connectivity index (χ4n) is 8.59. The third-order valence-electron chi connectivity index (χ3n) is 13.3. The van der Waals surface area contributed by atoms with Crippen molar-refractivity contribution >= 4 is 19.7 Å². The number of unbranched alkanes of at least 4 members (excludes halogenated alkanes) is 32. The molecule has 0 aliphatic rings. The molecule has 0 aromatic rings. The van der Waals surface area contributed by atoms with E-state index in [9.17, 15) is 19.0 Å². The SMILES string of the molecule is CCCCC/C=C\C/C=C\C/C=C\CCCCCCCCC(=O)NC(COP(=O)(O)OCC[N+](C)(C)C)C(/C=C\CCCCCCCCCCCCC)OC(=O)CCCCCCCCCCCCCCC. The number of hydrogen-bond acceptors (Lipinski definition) is 6. The number of carbonyl (C=O) groups excluding carboxylic acids is 2. The zero-order valence-corrected chi connectivity index (χ0v) is 48.4. The summed E-state index contributed by atoms with van der Waals surface area (Å²) in [5.74, 6) is -0.511. The summed E-state index contributed by atoms with van der Waals surface area (Å²) < 4.78 is 30.6. The molecule has 9 nitrogen and oxygen atoms in total. The Kier molecular flexibility index (Phi) is 50.0. The molecule has 1 amide bonds. The molecule has 0 aromatic heterocycles. The van der Waals surface area contributed by atoms with Crippen LogP contribution in [0.3, 0.4) is 0 Å². The van der Waals surface area contributed by atoms with Crippen molar-refractivity contribution in [3.63, 3.8) is 0 Å². The molecule has 3 atom stereocenters. The van der Waals surface area contributed by atoms with Gasteiger partial charge in [-0.05, 0) is 70.3 Å². The van der Waals surface area contributed by atoms with E-state index in [1.54, 1.807) is 0 Å². The van der Waals surface area contributed by atoms with Crippen LogP contribution in [0.25, 0.3) is 0 Å². The van der Waals surface area contributed by atoms with Crippen LogP contribution in [0, 0.1) is 0 Å². The van der Waals surface area contributed by atoms with E-state index in [1.165, 1.54) is 161 Å². The van der Waals surface area contributed by atoms with Gasteiger partial charge in [-0.3, -0.25) is 18.6 Å². The first kappa shape index (κ1) is 69.0. The molecule has 71 heavy (non-hydrogen) atoms. The van der Waals surface area contributed by atoms with Crippen LogP contribution >= 0.6 is 7.82 Å². The zero-order chi connectivity index (χ0) is 52.2. The van der Waals surface area contributed by atoms with Crippen LogP contribution in [-0.2, 0) is 27.9 Å². The second-order valence-corrected chi connectivity index (χ2v) is 23.0. The third kappa shape index (κ3) is 52.6. The molecule has 10 heteroatoms. The van der Waals surface area contributed by atoms with E-state index in [-0.39, 0.29) is 25.1 Å². The Balaban J connectivity index is 5.32. The van der Waals surface area contributed by atoms with Gasteiger partial charge in [-0.15, -0.1) is 0 Å². The first-order valence-electron chi connectivity index (χ1n) is 30.0. The summed E-state index contributed by atoms with van der Waals surface area (Å²) >= 11 is 0. The van der Waals surface area contributed by atoms with Crippen LogP contribution in [0.5, 0.6) is 0 Å². The number of nitrogens with zero attached hydrogens (tertiary/aromatic N) is 1. The summed E-state index contributed by atoms with van der Waals surface area (Å²) in [6.45, 7) is 6.99. The van der Waals surface area contributed by atoms with E-state index < -0.39 is 20.0 Å². The topological polar surface area (TPSA) is 111 Å². The Morgan fingerprint density at radius 2 is 0.859 bits per heavy atom. The summed E-state index contributed by atoms with van der Waals surface area (Å²) in [5.41, 5.74) is 0. The van der Waals surface area contributed by atoms with Gasteiger partial charge in [0.25, 0.3) is 0 Å². The molecule has 0 fully saturated rings. The van der Waals surface area contributed by atoms with Crippen molar-refractivity contribution in [1.82, 2.24) is 5.32 Å². The van der Waals surface area contributed by atoms with Gasteiger partial charge in [0.05, 0.1) is 33.8 Å². The lowest BCUT2D eigenvalue weighted by atomic mass is 10.0. The highest BCUT2D eigenvalue weighted by atomic mass is 31.2. The van der Waals surface area contributed by atoms with Gasteiger partial charge in [0, 0.05) is 12.8 Å². The molecular weight excluding hydrogens is 904 g/mol. The number of allylic oxidation sites excluding steroid dienone is 7. The molecule has 0 aliphatic carbocycles. The molecule has 416 valence electrons. The highest BCUT2D eigenvalue weighted by molar-refractivity contribution is 7.47. The summed E-state index contributed by atoms with van der Waals surface area (Å²) in [6.07, 6.45) is 62.4. The molecule has 0 bridgehead atoms.